The summed E-state index contributed by atoms with van der Waals surface area (Å²) in [5.74, 6) is -0.976. The van der Waals surface area contributed by atoms with Crippen molar-refractivity contribution in [3.8, 4) is 0 Å². The Morgan fingerprint density at radius 1 is 1.39 bits per heavy atom. The Labute approximate surface area is 102 Å². The SMILES string of the molecule is O=C(O)c1cccc2c(C3C=CC=CO3)n[nH]c12. The molecule has 0 spiro atoms. The zero-order chi connectivity index (χ0) is 12.5. The van der Waals surface area contributed by atoms with Gasteiger partial charge in [-0.2, -0.15) is 5.10 Å². The maximum atomic E-state index is 11.1. The van der Waals surface area contributed by atoms with E-state index in [1.165, 1.54) is 0 Å². The van der Waals surface area contributed by atoms with Gasteiger partial charge in [-0.25, -0.2) is 4.79 Å². The number of para-hydroxylation sites is 1. The number of carbonyl (C=O) groups is 1. The quantitative estimate of drug-likeness (QED) is 0.847. The topological polar surface area (TPSA) is 75.2 Å². The average Bonchev–Trinajstić information content (AvgIpc) is 2.83. The zero-order valence-corrected chi connectivity index (χ0v) is 9.33. The summed E-state index contributed by atoms with van der Waals surface area (Å²) in [4.78, 5) is 11.1. The van der Waals surface area contributed by atoms with Crippen LogP contribution in [0, 0.1) is 0 Å². The van der Waals surface area contributed by atoms with E-state index in [-0.39, 0.29) is 11.7 Å². The Morgan fingerprint density at radius 3 is 3.00 bits per heavy atom. The van der Waals surface area contributed by atoms with E-state index in [9.17, 15) is 4.79 Å². The van der Waals surface area contributed by atoms with Crippen LogP contribution in [-0.4, -0.2) is 21.3 Å². The lowest BCUT2D eigenvalue weighted by atomic mass is 10.1. The first kappa shape index (κ1) is 10.6. The maximum Gasteiger partial charge on any atom is 0.337 e. The molecule has 1 unspecified atom stereocenters. The molecule has 1 atom stereocenters. The number of aromatic nitrogens is 2. The number of aromatic amines is 1. The monoisotopic (exact) mass is 242 g/mol. The van der Waals surface area contributed by atoms with Crippen molar-refractivity contribution in [3.63, 3.8) is 0 Å². The smallest absolute Gasteiger partial charge is 0.337 e. The summed E-state index contributed by atoms with van der Waals surface area (Å²) in [7, 11) is 0. The predicted molar refractivity (Wildman–Crippen MR) is 65.2 cm³/mol. The Balaban J connectivity index is 2.15. The minimum Gasteiger partial charge on any atom is -0.488 e. The minimum atomic E-state index is -0.976. The molecule has 2 aromatic rings. The molecule has 0 saturated carbocycles. The third-order valence-electron chi connectivity index (χ3n) is 2.83. The van der Waals surface area contributed by atoms with Gasteiger partial charge in [0.15, 0.2) is 6.10 Å². The number of carboxylic acids is 1. The number of rotatable bonds is 2. The zero-order valence-electron chi connectivity index (χ0n) is 9.33. The van der Waals surface area contributed by atoms with Crippen molar-refractivity contribution in [1.82, 2.24) is 10.2 Å². The van der Waals surface area contributed by atoms with Crippen LogP contribution >= 0.6 is 0 Å². The van der Waals surface area contributed by atoms with Gasteiger partial charge in [-0.15, -0.1) is 0 Å². The van der Waals surface area contributed by atoms with Crippen molar-refractivity contribution in [1.29, 1.82) is 0 Å². The van der Waals surface area contributed by atoms with Gasteiger partial charge in [0.1, 0.15) is 5.69 Å². The van der Waals surface area contributed by atoms with E-state index in [2.05, 4.69) is 10.2 Å². The number of carboxylic acid groups (broad SMARTS) is 1. The van der Waals surface area contributed by atoms with Gasteiger partial charge in [-0.3, -0.25) is 5.10 Å². The Hall–Kier alpha value is -2.56. The number of nitrogens with zero attached hydrogens (tertiary/aromatic N) is 1. The fourth-order valence-corrected chi connectivity index (χ4v) is 2.00. The Bertz CT molecular complexity index is 670. The van der Waals surface area contributed by atoms with Crippen molar-refractivity contribution in [2.45, 2.75) is 6.10 Å². The summed E-state index contributed by atoms with van der Waals surface area (Å²) < 4.78 is 5.43. The molecule has 1 aromatic heterocycles. The number of fused-ring (bicyclic) bond motifs is 1. The fourth-order valence-electron chi connectivity index (χ4n) is 2.00. The standard InChI is InChI=1S/C13H10N2O3/c16-13(17)9-5-3-4-8-11(9)14-15-12(8)10-6-1-2-7-18-10/h1-7,10H,(H,14,15)(H,16,17). The highest BCUT2D eigenvalue weighted by Crippen LogP contribution is 2.28. The van der Waals surface area contributed by atoms with Crippen molar-refractivity contribution < 1.29 is 14.6 Å². The van der Waals surface area contributed by atoms with Crippen molar-refractivity contribution >= 4 is 16.9 Å². The number of ether oxygens (including phenoxy) is 1. The molecule has 0 bridgehead atoms. The maximum absolute atomic E-state index is 11.1. The van der Waals surface area contributed by atoms with Crippen LogP contribution < -0.4 is 0 Å². The highest BCUT2D eigenvalue weighted by atomic mass is 16.5. The molecule has 3 rings (SSSR count). The molecule has 1 aliphatic rings. The molecular formula is C13H10N2O3. The van der Waals surface area contributed by atoms with Crippen LogP contribution in [0.25, 0.3) is 10.9 Å². The molecule has 90 valence electrons. The fraction of sp³-hybridized carbons (Fsp3) is 0.0769. The van der Waals surface area contributed by atoms with Crippen LogP contribution in [0.3, 0.4) is 0 Å². The van der Waals surface area contributed by atoms with Gasteiger partial charge in [0.25, 0.3) is 0 Å². The summed E-state index contributed by atoms with van der Waals surface area (Å²) in [5, 5.41) is 16.8. The van der Waals surface area contributed by atoms with Gasteiger partial charge in [0, 0.05) is 5.39 Å². The predicted octanol–water partition coefficient (Wildman–Crippen LogP) is 2.40. The van der Waals surface area contributed by atoms with E-state index in [4.69, 9.17) is 9.84 Å². The molecule has 1 aromatic carbocycles. The normalized spacial score (nSPS) is 17.9. The van der Waals surface area contributed by atoms with E-state index in [0.29, 0.717) is 11.2 Å². The number of hydrogen-bond donors (Lipinski definition) is 2. The molecule has 0 aliphatic carbocycles. The van der Waals surface area contributed by atoms with Crippen molar-refractivity contribution in [3.05, 3.63) is 53.9 Å². The molecular weight excluding hydrogens is 232 g/mol. The van der Waals surface area contributed by atoms with Gasteiger partial charge in [-0.05, 0) is 18.2 Å². The van der Waals surface area contributed by atoms with E-state index in [1.54, 1.807) is 24.5 Å². The third kappa shape index (κ3) is 1.57. The number of aromatic carboxylic acids is 1. The van der Waals surface area contributed by atoms with Crippen LogP contribution in [0.15, 0.2) is 42.7 Å². The van der Waals surface area contributed by atoms with Gasteiger partial charge >= 0.3 is 5.97 Å². The molecule has 5 nitrogen and oxygen atoms in total. The van der Waals surface area contributed by atoms with Crippen LogP contribution in [-0.2, 0) is 4.74 Å². The minimum absolute atomic E-state index is 0.210. The molecule has 2 N–H and O–H groups in total. The number of allylic oxidation sites excluding steroid dienone is 2. The summed E-state index contributed by atoms with van der Waals surface area (Å²) in [6, 6.07) is 5.08. The summed E-state index contributed by atoms with van der Waals surface area (Å²) in [6.07, 6.45) is 6.83. The van der Waals surface area contributed by atoms with Crippen molar-refractivity contribution in [2.75, 3.05) is 0 Å². The first-order valence-electron chi connectivity index (χ1n) is 5.46. The number of H-pyrrole nitrogens is 1. The first-order chi connectivity index (χ1) is 8.77. The van der Waals surface area contributed by atoms with Crippen LogP contribution in [0.1, 0.15) is 22.2 Å². The van der Waals surface area contributed by atoms with E-state index >= 15 is 0 Å². The summed E-state index contributed by atoms with van der Waals surface area (Å²) in [5.41, 5.74) is 1.42. The molecule has 18 heavy (non-hydrogen) atoms. The van der Waals surface area contributed by atoms with Gasteiger partial charge in [0.2, 0.25) is 0 Å². The Morgan fingerprint density at radius 2 is 2.28 bits per heavy atom. The van der Waals surface area contributed by atoms with Crippen molar-refractivity contribution in [2.24, 2.45) is 0 Å². The van der Waals surface area contributed by atoms with Gasteiger partial charge in [-0.1, -0.05) is 18.2 Å². The van der Waals surface area contributed by atoms with Crippen LogP contribution in [0.5, 0.6) is 0 Å². The van der Waals surface area contributed by atoms with Gasteiger partial charge in [0.05, 0.1) is 17.3 Å². The van der Waals surface area contributed by atoms with E-state index in [1.807, 2.05) is 18.2 Å². The second kappa shape index (κ2) is 4.03. The summed E-state index contributed by atoms with van der Waals surface area (Å²) >= 11 is 0. The number of nitrogens with one attached hydrogen (secondary N) is 1. The first-order valence-corrected chi connectivity index (χ1v) is 5.46. The lowest BCUT2D eigenvalue weighted by Gasteiger charge is -2.12. The molecule has 0 amide bonds. The molecule has 1 aliphatic heterocycles. The van der Waals surface area contributed by atoms with Crippen LogP contribution in [0.2, 0.25) is 0 Å². The van der Waals surface area contributed by atoms with E-state index < -0.39 is 5.97 Å². The Kier molecular flexibility index (Phi) is 2.37. The lowest BCUT2D eigenvalue weighted by Crippen LogP contribution is -2.00. The van der Waals surface area contributed by atoms with E-state index in [0.717, 1.165) is 5.39 Å². The highest BCUT2D eigenvalue weighted by Gasteiger charge is 2.19. The highest BCUT2D eigenvalue weighted by molar-refractivity contribution is 6.02. The van der Waals surface area contributed by atoms with Crippen LogP contribution in [0.4, 0.5) is 0 Å². The van der Waals surface area contributed by atoms with Gasteiger partial charge < -0.3 is 9.84 Å². The average molecular weight is 242 g/mol. The molecule has 5 heteroatoms. The molecule has 0 saturated heterocycles. The second-order valence-corrected chi connectivity index (χ2v) is 3.91. The molecule has 0 fully saturated rings. The second-order valence-electron chi connectivity index (χ2n) is 3.91. The lowest BCUT2D eigenvalue weighted by molar-refractivity contribution is 0.0699. The third-order valence-corrected chi connectivity index (χ3v) is 2.83. The number of hydrogen-bond acceptors (Lipinski definition) is 3. The number of benzene rings is 1. The molecule has 2 heterocycles. The summed E-state index contributed by atoms with van der Waals surface area (Å²) in [6.45, 7) is 0. The molecule has 0 radical (unpaired) electrons. The largest absolute Gasteiger partial charge is 0.488 e.